The van der Waals surface area contributed by atoms with Gasteiger partial charge in [0, 0.05) is 13.0 Å². The summed E-state index contributed by atoms with van der Waals surface area (Å²) in [6.07, 6.45) is 1.64. The lowest BCUT2D eigenvalue weighted by Crippen LogP contribution is -2.26. The Morgan fingerprint density at radius 3 is 2.68 bits per heavy atom. The van der Waals surface area contributed by atoms with Crippen molar-refractivity contribution in [3.8, 4) is 5.69 Å². The van der Waals surface area contributed by atoms with Crippen LogP contribution in [0.25, 0.3) is 16.7 Å². The van der Waals surface area contributed by atoms with Crippen molar-refractivity contribution in [3.63, 3.8) is 0 Å². The normalized spacial score (nSPS) is 11.1. The van der Waals surface area contributed by atoms with Gasteiger partial charge < -0.3 is 5.32 Å². The predicted molar refractivity (Wildman–Crippen MR) is 106 cm³/mol. The third-order valence-electron chi connectivity index (χ3n) is 4.21. The average Bonchev–Trinajstić information content (AvgIpc) is 3.28. The van der Waals surface area contributed by atoms with E-state index >= 15 is 0 Å². The van der Waals surface area contributed by atoms with Crippen molar-refractivity contribution < 1.29 is 4.79 Å². The van der Waals surface area contributed by atoms with E-state index in [0.717, 1.165) is 10.7 Å². The van der Waals surface area contributed by atoms with E-state index in [-0.39, 0.29) is 24.4 Å². The number of aromatic nitrogens is 6. The largest absolute Gasteiger partial charge is 0.300 e. The molecule has 1 amide bonds. The van der Waals surface area contributed by atoms with Crippen molar-refractivity contribution in [2.24, 2.45) is 0 Å². The van der Waals surface area contributed by atoms with E-state index in [1.54, 1.807) is 11.6 Å². The second-order valence-electron chi connectivity index (χ2n) is 6.17. The average molecular weight is 395 g/mol. The van der Waals surface area contributed by atoms with Crippen LogP contribution in [0, 0.1) is 13.8 Å². The van der Waals surface area contributed by atoms with Gasteiger partial charge in [-0.2, -0.15) is 5.10 Å². The Hall–Kier alpha value is -3.40. The summed E-state index contributed by atoms with van der Waals surface area (Å²) in [6, 6.07) is 9.50. The first kappa shape index (κ1) is 18.0. The smallest absolute Gasteiger partial charge is 0.264 e. The van der Waals surface area contributed by atoms with Crippen LogP contribution in [0.3, 0.4) is 0 Å². The summed E-state index contributed by atoms with van der Waals surface area (Å²) in [4.78, 5) is 29.6. The maximum absolute atomic E-state index is 12.9. The van der Waals surface area contributed by atoms with Gasteiger partial charge in [0.05, 0.1) is 11.9 Å². The number of hydrogen-bond donors (Lipinski definition) is 1. The number of carbonyl (C=O) groups excluding carboxylic acids is 1. The molecule has 9 nitrogen and oxygen atoms in total. The van der Waals surface area contributed by atoms with Crippen molar-refractivity contribution in [1.82, 2.24) is 29.5 Å². The van der Waals surface area contributed by atoms with Gasteiger partial charge in [-0.1, -0.05) is 29.5 Å². The third-order valence-corrected chi connectivity index (χ3v) is 4.97. The SMILES string of the molecule is Cc1nnc(NC(=O)CCn2c(C)nc3c(cnn3-c3ccccc3)c2=O)s1. The standard InChI is InChI=1S/C18H17N7O2S/c1-11-20-16-14(10-19-25(16)13-6-4-3-5-7-13)17(27)24(11)9-8-15(26)21-18-23-22-12(2)28-18/h3-7,10H,8-9H2,1-2H3,(H,21,23,26). The fourth-order valence-electron chi connectivity index (χ4n) is 2.87. The first-order valence-electron chi connectivity index (χ1n) is 8.63. The molecule has 1 N–H and O–H groups in total. The van der Waals surface area contributed by atoms with Gasteiger partial charge in [-0.3, -0.25) is 14.2 Å². The van der Waals surface area contributed by atoms with Gasteiger partial charge in [0.25, 0.3) is 5.56 Å². The molecule has 0 saturated heterocycles. The van der Waals surface area contributed by atoms with E-state index in [1.165, 1.54) is 22.1 Å². The third kappa shape index (κ3) is 3.41. The highest BCUT2D eigenvalue weighted by molar-refractivity contribution is 7.15. The van der Waals surface area contributed by atoms with Crippen LogP contribution in [-0.4, -0.2) is 35.4 Å². The lowest BCUT2D eigenvalue weighted by molar-refractivity contribution is -0.116. The Bertz CT molecular complexity index is 1210. The van der Waals surface area contributed by atoms with E-state index in [9.17, 15) is 9.59 Å². The van der Waals surface area contributed by atoms with Crippen LogP contribution in [0.4, 0.5) is 5.13 Å². The zero-order valence-electron chi connectivity index (χ0n) is 15.3. The molecule has 28 heavy (non-hydrogen) atoms. The van der Waals surface area contributed by atoms with Crippen LogP contribution < -0.4 is 10.9 Å². The Labute approximate surface area is 163 Å². The van der Waals surface area contributed by atoms with Crippen LogP contribution in [0.1, 0.15) is 17.3 Å². The Kier molecular flexibility index (Phi) is 4.70. The number of carbonyl (C=O) groups is 1. The second-order valence-corrected chi connectivity index (χ2v) is 7.35. The van der Waals surface area contributed by atoms with E-state index in [4.69, 9.17) is 0 Å². The van der Waals surface area contributed by atoms with Crippen molar-refractivity contribution in [2.75, 3.05) is 5.32 Å². The molecule has 0 atom stereocenters. The van der Waals surface area contributed by atoms with Crippen molar-refractivity contribution >= 4 is 33.4 Å². The number of benzene rings is 1. The summed E-state index contributed by atoms with van der Waals surface area (Å²) in [5.74, 6) is 0.289. The molecule has 3 heterocycles. The predicted octanol–water partition coefficient (Wildman–Crippen LogP) is 2.08. The molecule has 1 aromatic carbocycles. The molecule has 0 aliphatic rings. The summed E-state index contributed by atoms with van der Waals surface area (Å²) in [6.45, 7) is 3.77. The van der Waals surface area contributed by atoms with Gasteiger partial charge in [-0.15, -0.1) is 10.2 Å². The molecule has 4 aromatic rings. The van der Waals surface area contributed by atoms with Crippen LogP contribution in [-0.2, 0) is 11.3 Å². The van der Waals surface area contributed by atoms with E-state index < -0.39 is 0 Å². The highest BCUT2D eigenvalue weighted by atomic mass is 32.1. The topological polar surface area (TPSA) is 108 Å². The van der Waals surface area contributed by atoms with Gasteiger partial charge in [0.2, 0.25) is 11.0 Å². The van der Waals surface area contributed by atoms with Crippen molar-refractivity contribution in [3.05, 3.63) is 57.7 Å². The molecule has 0 spiro atoms. The quantitative estimate of drug-likeness (QED) is 0.554. The number of hydrogen-bond acceptors (Lipinski definition) is 7. The lowest BCUT2D eigenvalue weighted by Gasteiger charge is -2.10. The molecule has 0 fully saturated rings. The first-order chi connectivity index (χ1) is 13.5. The minimum absolute atomic E-state index is 0.124. The molecule has 4 rings (SSSR count). The zero-order valence-corrected chi connectivity index (χ0v) is 16.1. The number of nitrogens with one attached hydrogen (secondary N) is 1. The molecule has 10 heteroatoms. The maximum atomic E-state index is 12.9. The van der Waals surface area contributed by atoms with Gasteiger partial charge in [-0.25, -0.2) is 9.67 Å². The number of amides is 1. The first-order valence-corrected chi connectivity index (χ1v) is 9.45. The Morgan fingerprint density at radius 1 is 1.18 bits per heavy atom. The molecular formula is C18H17N7O2S. The minimum atomic E-state index is -0.234. The van der Waals surface area contributed by atoms with Gasteiger partial charge in [0.15, 0.2) is 5.65 Å². The lowest BCUT2D eigenvalue weighted by atomic mass is 10.3. The number of anilines is 1. The number of nitrogens with zero attached hydrogens (tertiary/aromatic N) is 6. The van der Waals surface area contributed by atoms with Crippen LogP contribution in [0.2, 0.25) is 0 Å². The monoisotopic (exact) mass is 395 g/mol. The van der Waals surface area contributed by atoms with E-state index in [2.05, 4.69) is 25.6 Å². The van der Waals surface area contributed by atoms with Crippen molar-refractivity contribution in [2.45, 2.75) is 26.8 Å². The van der Waals surface area contributed by atoms with Crippen LogP contribution >= 0.6 is 11.3 Å². The minimum Gasteiger partial charge on any atom is -0.300 e. The summed E-state index contributed by atoms with van der Waals surface area (Å²) < 4.78 is 3.13. The molecule has 0 unspecified atom stereocenters. The summed E-state index contributed by atoms with van der Waals surface area (Å²) in [5.41, 5.74) is 1.11. The Morgan fingerprint density at radius 2 is 1.96 bits per heavy atom. The molecule has 0 bridgehead atoms. The fourth-order valence-corrected chi connectivity index (χ4v) is 3.48. The van der Waals surface area contributed by atoms with Crippen LogP contribution in [0.15, 0.2) is 41.3 Å². The molecule has 3 aromatic heterocycles. The number of fused-ring (bicyclic) bond motifs is 1. The maximum Gasteiger partial charge on any atom is 0.264 e. The molecule has 142 valence electrons. The van der Waals surface area contributed by atoms with Crippen LogP contribution in [0.5, 0.6) is 0 Å². The van der Waals surface area contributed by atoms with Gasteiger partial charge >= 0.3 is 0 Å². The summed E-state index contributed by atoms with van der Waals surface area (Å²) in [5, 5.41) is 16.3. The van der Waals surface area contributed by atoms with Gasteiger partial charge in [-0.05, 0) is 26.0 Å². The molecule has 0 radical (unpaired) electrons. The van der Waals surface area contributed by atoms with E-state index in [0.29, 0.717) is 22.0 Å². The number of aryl methyl sites for hydroxylation is 2. The molecule has 0 saturated carbocycles. The summed E-state index contributed by atoms with van der Waals surface area (Å²) >= 11 is 1.30. The van der Waals surface area contributed by atoms with Crippen molar-refractivity contribution in [1.29, 1.82) is 0 Å². The number of rotatable bonds is 5. The highest BCUT2D eigenvalue weighted by Crippen LogP contribution is 2.15. The van der Waals surface area contributed by atoms with E-state index in [1.807, 2.05) is 37.3 Å². The fraction of sp³-hybridized carbons (Fsp3) is 0.222. The highest BCUT2D eigenvalue weighted by Gasteiger charge is 2.15. The Balaban J connectivity index is 1.58. The zero-order chi connectivity index (χ0) is 19.7. The second kappa shape index (κ2) is 7.31. The van der Waals surface area contributed by atoms with Gasteiger partial charge in [0.1, 0.15) is 16.2 Å². The molecular weight excluding hydrogens is 378 g/mol. The molecule has 0 aliphatic heterocycles. The number of para-hydroxylation sites is 1. The molecule has 0 aliphatic carbocycles. The summed E-state index contributed by atoms with van der Waals surface area (Å²) in [7, 11) is 0.